The van der Waals surface area contributed by atoms with Crippen LogP contribution in [0, 0.1) is 34.6 Å². The van der Waals surface area contributed by atoms with Gasteiger partial charge < -0.3 is 4.42 Å². The highest BCUT2D eigenvalue weighted by Gasteiger charge is 2.24. The summed E-state index contributed by atoms with van der Waals surface area (Å²) in [6.07, 6.45) is 3.70. The number of nitrogens with zero attached hydrogens (tertiary/aromatic N) is 7. The Labute approximate surface area is 167 Å². The molecule has 0 unspecified atom stereocenters. The summed E-state index contributed by atoms with van der Waals surface area (Å²) in [5, 5.41) is 13.6. The van der Waals surface area contributed by atoms with Crippen molar-refractivity contribution in [2.45, 2.75) is 34.6 Å². The molecule has 0 atom stereocenters. The van der Waals surface area contributed by atoms with Crippen LogP contribution in [0.5, 0.6) is 0 Å². The van der Waals surface area contributed by atoms with Gasteiger partial charge in [-0.15, -0.1) is 0 Å². The topological polar surface area (TPSA) is 79.0 Å². The van der Waals surface area contributed by atoms with Crippen molar-refractivity contribution in [1.29, 1.82) is 0 Å². The smallest absolute Gasteiger partial charge is 0.249 e. The van der Waals surface area contributed by atoms with Crippen LogP contribution >= 0.6 is 0 Å². The second-order valence-corrected chi connectivity index (χ2v) is 7.23. The van der Waals surface area contributed by atoms with Crippen molar-refractivity contribution in [2.75, 3.05) is 0 Å². The van der Waals surface area contributed by atoms with Crippen molar-refractivity contribution >= 4 is 5.71 Å². The van der Waals surface area contributed by atoms with Gasteiger partial charge in [-0.1, -0.05) is 6.07 Å². The minimum absolute atomic E-state index is 0.665. The zero-order valence-electron chi connectivity index (χ0n) is 17.0. The molecule has 4 heterocycles. The van der Waals surface area contributed by atoms with Crippen LogP contribution in [-0.4, -0.2) is 34.2 Å². The number of aryl methyl sites for hydroxylation is 5. The third kappa shape index (κ3) is 2.60. The maximum absolute atomic E-state index is 6.18. The van der Waals surface area contributed by atoms with E-state index in [1.165, 1.54) is 0 Å². The van der Waals surface area contributed by atoms with E-state index in [4.69, 9.17) is 9.52 Å². The molecule has 5 rings (SSSR count). The molecule has 0 saturated heterocycles. The Morgan fingerprint density at radius 1 is 1.00 bits per heavy atom. The van der Waals surface area contributed by atoms with Crippen molar-refractivity contribution in [3.63, 3.8) is 0 Å². The van der Waals surface area contributed by atoms with Gasteiger partial charge in [-0.3, -0.25) is 0 Å². The van der Waals surface area contributed by atoms with Gasteiger partial charge in [0.25, 0.3) is 0 Å². The van der Waals surface area contributed by atoms with Crippen molar-refractivity contribution in [3.8, 4) is 22.6 Å². The Morgan fingerprint density at radius 3 is 2.48 bits per heavy atom. The second-order valence-electron chi connectivity index (χ2n) is 7.23. The van der Waals surface area contributed by atoms with E-state index in [1.54, 1.807) is 10.9 Å². The van der Waals surface area contributed by atoms with E-state index >= 15 is 0 Å². The van der Waals surface area contributed by atoms with Crippen LogP contribution in [0.3, 0.4) is 0 Å². The van der Waals surface area contributed by atoms with Crippen LogP contribution < -0.4 is 0 Å². The fourth-order valence-corrected chi connectivity index (χ4v) is 3.84. The predicted octanol–water partition coefficient (Wildman–Crippen LogP) is 3.90. The standard InChI is InChI=1S/C21H21N7O/c1-12-11-17(26-10-6-9-22-26)7-8-18(12)20-14(3)29-21-19(13(2)24-28(20)21)27-16(5)23-15(4)25-27/h6-11H,1-5H3. The highest BCUT2D eigenvalue weighted by atomic mass is 16.4. The van der Waals surface area contributed by atoms with Crippen molar-refractivity contribution < 1.29 is 4.42 Å². The Morgan fingerprint density at radius 2 is 1.83 bits per heavy atom. The first-order valence-electron chi connectivity index (χ1n) is 9.44. The molecule has 0 fully saturated rings. The molecule has 146 valence electrons. The number of fused-ring (bicyclic) bond motifs is 1. The molecule has 1 aromatic carbocycles. The molecule has 4 aromatic heterocycles. The maximum Gasteiger partial charge on any atom is 0.249 e. The molecule has 0 saturated carbocycles. The van der Waals surface area contributed by atoms with Gasteiger partial charge in [-0.2, -0.15) is 19.8 Å². The first-order valence-corrected chi connectivity index (χ1v) is 9.44. The summed E-state index contributed by atoms with van der Waals surface area (Å²) >= 11 is 0. The Kier molecular flexibility index (Phi) is 3.70. The zero-order chi connectivity index (χ0) is 20.3. The fourth-order valence-electron chi connectivity index (χ4n) is 3.84. The molecule has 0 aliphatic heterocycles. The maximum atomic E-state index is 6.18. The van der Waals surface area contributed by atoms with Gasteiger partial charge in [0.05, 0.1) is 11.4 Å². The number of aromatic nitrogens is 7. The van der Waals surface area contributed by atoms with Crippen molar-refractivity contribution in [2.24, 2.45) is 0 Å². The monoisotopic (exact) mass is 387 g/mol. The molecule has 0 radical (unpaired) electrons. The predicted molar refractivity (Wildman–Crippen MR) is 109 cm³/mol. The van der Waals surface area contributed by atoms with E-state index in [2.05, 4.69) is 40.3 Å². The molecule has 0 amide bonds. The van der Waals surface area contributed by atoms with E-state index in [0.29, 0.717) is 5.71 Å². The van der Waals surface area contributed by atoms with Gasteiger partial charge in [0.2, 0.25) is 5.71 Å². The first kappa shape index (κ1) is 17.4. The van der Waals surface area contributed by atoms with Gasteiger partial charge in [0, 0.05) is 18.0 Å². The lowest BCUT2D eigenvalue weighted by molar-refractivity contribution is 0.569. The van der Waals surface area contributed by atoms with E-state index < -0.39 is 0 Å². The molecule has 29 heavy (non-hydrogen) atoms. The minimum atomic E-state index is 0.665. The highest BCUT2D eigenvalue weighted by Crippen LogP contribution is 2.34. The van der Waals surface area contributed by atoms with Crippen LogP contribution in [0.4, 0.5) is 0 Å². The van der Waals surface area contributed by atoms with E-state index in [-0.39, 0.29) is 0 Å². The lowest BCUT2D eigenvalue weighted by atomic mass is 10.0. The summed E-state index contributed by atoms with van der Waals surface area (Å²) in [6.45, 7) is 9.81. The number of hydrogen-bond acceptors (Lipinski definition) is 5. The highest BCUT2D eigenvalue weighted by molar-refractivity contribution is 5.73. The fraction of sp³-hybridized carbons (Fsp3) is 0.238. The molecule has 0 spiro atoms. The number of oxazole rings is 1. The van der Waals surface area contributed by atoms with E-state index in [1.807, 2.05) is 49.2 Å². The minimum Gasteiger partial charge on any atom is -0.439 e. The Balaban J connectivity index is 1.70. The summed E-state index contributed by atoms with van der Waals surface area (Å²) in [6, 6.07) is 8.17. The van der Waals surface area contributed by atoms with Gasteiger partial charge in [-0.05, 0) is 58.4 Å². The van der Waals surface area contributed by atoms with E-state index in [0.717, 1.165) is 51.3 Å². The van der Waals surface area contributed by atoms with Crippen LogP contribution in [0.15, 0.2) is 41.1 Å². The summed E-state index contributed by atoms with van der Waals surface area (Å²) in [4.78, 5) is 4.42. The van der Waals surface area contributed by atoms with Crippen LogP contribution in [0.1, 0.15) is 28.7 Å². The number of benzene rings is 1. The number of rotatable bonds is 3. The molecule has 8 nitrogen and oxygen atoms in total. The van der Waals surface area contributed by atoms with Crippen LogP contribution in [-0.2, 0) is 0 Å². The Bertz CT molecular complexity index is 1350. The van der Waals surface area contributed by atoms with Gasteiger partial charge >= 0.3 is 0 Å². The average Bonchev–Trinajstić information content (AvgIpc) is 3.42. The Hall–Kier alpha value is -3.68. The van der Waals surface area contributed by atoms with Gasteiger partial charge in [0.15, 0.2) is 5.69 Å². The van der Waals surface area contributed by atoms with Gasteiger partial charge in [-0.25, -0.2) is 14.3 Å². The van der Waals surface area contributed by atoms with Crippen molar-refractivity contribution in [1.82, 2.24) is 34.2 Å². The summed E-state index contributed by atoms with van der Waals surface area (Å²) in [5.41, 5.74) is 6.46. The number of hydrogen-bond donors (Lipinski definition) is 0. The van der Waals surface area contributed by atoms with E-state index in [9.17, 15) is 0 Å². The van der Waals surface area contributed by atoms with Crippen LogP contribution in [0.2, 0.25) is 0 Å². The van der Waals surface area contributed by atoms with Crippen LogP contribution in [0.25, 0.3) is 28.3 Å². The third-order valence-corrected chi connectivity index (χ3v) is 5.10. The average molecular weight is 387 g/mol. The summed E-state index contributed by atoms with van der Waals surface area (Å²) in [7, 11) is 0. The lowest BCUT2D eigenvalue weighted by Gasteiger charge is -2.08. The molecule has 0 aliphatic rings. The molecule has 0 bridgehead atoms. The van der Waals surface area contributed by atoms with Gasteiger partial charge in [0.1, 0.15) is 23.1 Å². The first-order chi connectivity index (χ1) is 13.9. The third-order valence-electron chi connectivity index (χ3n) is 5.10. The largest absolute Gasteiger partial charge is 0.439 e. The summed E-state index contributed by atoms with van der Waals surface area (Å²) < 4.78 is 11.7. The SMILES string of the molecule is Cc1nc(C)n(-c2c(C)nn3c(-c4ccc(-n5cccn5)cc4C)c(C)oc23)n1. The molecule has 8 heteroatoms. The molecule has 0 N–H and O–H groups in total. The molecular formula is C21H21N7O. The summed E-state index contributed by atoms with van der Waals surface area (Å²) in [5.74, 6) is 2.32. The second kappa shape index (κ2) is 6.16. The normalized spacial score (nSPS) is 11.6. The molecular weight excluding hydrogens is 366 g/mol. The zero-order valence-corrected chi connectivity index (χ0v) is 17.0. The molecule has 5 aromatic rings. The molecule has 0 aliphatic carbocycles. The lowest BCUT2D eigenvalue weighted by Crippen LogP contribution is -2.00. The van der Waals surface area contributed by atoms with Crippen molar-refractivity contribution in [3.05, 3.63) is 65.3 Å². The quantitative estimate of drug-likeness (QED) is 0.469.